The van der Waals surface area contributed by atoms with Gasteiger partial charge in [0.05, 0.1) is 30.2 Å². The Morgan fingerprint density at radius 3 is 2.52 bits per heavy atom. The van der Waals surface area contributed by atoms with E-state index in [-0.39, 0.29) is 23.4 Å². The van der Waals surface area contributed by atoms with Gasteiger partial charge in [-0.2, -0.15) is 5.26 Å². The number of aromatic nitrogens is 4. The molecule has 0 saturated carbocycles. The zero-order valence-corrected chi connectivity index (χ0v) is 16.7. The van der Waals surface area contributed by atoms with E-state index in [2.05, 4.69) is 11.1 Å². The summed E-state index contributed by atoms with van der Waals surface area (Å²) in [7, 11) is 0. The van der Waals surface area contributed by atoms with E-state index in [4.69, 9.17) is 0 Å². The van der Waals surface area contributed by atoms with Crippen molar-refractivity contribution in [3.63, 3.8) is 0 Å². The first-order valence-corrected chi connectivity index (χ1v) is 9.49. The van der Waals surface area contributed by atoms with Crippen molar-refractivity contribution in [2.75, 3.05) is 0 Å². The number of benzene rings is 2. The van der Waals surface area contributed by atoms with Crippen LogP contribution in [0.4, 0.5) is 8.78 Å². The second-order valence-corrected chi connectivity index (χ2v) is 7.30. The number of halogens is 2. The van der Waals surface area contributed by atoms with Crippen molar-refractivity contribution in [2.45, 2.75) is 26.4 Å². The summed E-state index contributed by atoms with van der Waals surface area (Å²) in [5, 5.41) is 9.36. The van der Waals surface area contributed by atoms with E-state index >= 15 is 0 Å². The van der Waals surface area contributed by atoms with Crippen LogP contribution in [0.3, 0.4) is 0 Å². The third-order valence-corrected chi connectivity index (χ3v) is 5.01. The molecule has 0 aliphatic carbocycles. The van der Waals surface area contributed by atoms with Gasteiger partial charge in [-0.05, 0) is 37.6 Å². The minimum Gasteiger partial charge on any atom is -0.320 e. The molecular formula is C22H17F2N5O2. The molecule has 0 spiro atoms. The van der Waals surface area contributed by atoms with Crippen molar-refractivity contribution in [1.29, 1.82) is 5.26 Å². The number of nitrogens with zero attached hydrogens (tertiary/aromatic N) is 5. The minimum atomic E-state index is -1.12. The Bertz CT molecular complexity index is 1470. The van der Waals surface area contributed by atoms with Crippen molar-refractivity contribution >= 4 is 11.2 Å². The summed E-state index contributed by atoms with van der Waals surface area (Å²) in [5.74, 6) is -2.17. The van der Waals surface area contributed by atoms with Crippen LogP contribution >= 0.6 is 0 Å². The lowest BCUT2D eigenvalue weighted by Crippen LogP contribution is -2.41. The van der Waals surface area contributed by atoms with Gasteiger partial charge in [0.2, 0.25) is 0 Å². The Balaban J connectivity index is 2.04. The highest BCUT2D eigenvalue weighted by Gasteiger charge is 2.21. The maximum absolute atomic E-state index is 13.9. The maximum Gasteiger partial charge on any atom is 0.337 e. The summed E-state index contributed by atoms with van der Waals surface area (Å²) in [6, 6.07) is 11.6. The Morgan fingerprint density at radius 1 is 1.10 bits per heavy atom. The number of imidazole rings is 1. The predicted molar refractivity (Wildman–Crippen MR) is 110 cm³/mol. The zero-order valence-electron chi connectivity index (χ0n) is 16.7. The smallest absolute Gasteiger partial charge is 0.320 e. The lowest BCUT2D eigenvalue weighted by Gasteiger charge is -2.15. The molecule has 0 radical (unpaired) electrons. The van der Waals surface area contributed by atoms with Crippen molar-refractivity contribution in [2.24, 2.45) is 0 Å². The van der Waals surface area contributed by atoms with Crippen LogP contribution in [0.15, 0.2) is 58.4 Å². The van der Waals surface area contributed by atoms with Crippen LogP contribution < -0.4 is 11.2 Å². The van der Waals surface area contributed by atoms with Crippen LogP contribution in [-0.2, 0) is 6.54 Å². The third-order valence-electron chi connectivity index (χ3n) is 5.01. The fourth-order valence-electron chi connectivity index (χ4n) is 3.54. The summed E-state index contributed by atoms with van der Waals surface area (Å²) >= 11 is 0. The monoisotopic (exact) mass is 421 g/mol. The van der Waals surface area contributed by atoms with Gasteiger partial charge >= 0.3 is 5.69 Å². The summed E-state index contributed by atoms with van der Waals surface area (Å²) in [6.07, 6.45) is 1.39. The van der Waals surface area contributed by atoms with Crippen LogP contribution in [-0.4, -0.2) is 18.7 Å². The van der Waals surface area contributed by atoms with E-state index in [0.717, 1.165) is 21.3 Å². The van der Waals surface area contributed by atoms with Gasteiger partial charge in [0.1, 0.15) is 0 Å². The van der Waals surface area contributed by atoms with E-state index in [1.54, 1.807) is 42.7 Å². The molecule has 0 atom stereocenters. The highest BCUT2D eigenvalue weighted by atomic mass is 19.2. The molecule has 2 aromatic carbocycles. The van der Waals surface area contributed by atoms with Crippen LogP contribution in [0.1, 0.15) is 31.0 Å². The van der Waals surface area contributed by atoms with E-state index in [0.29, 0.717) is 11.1 Å². The molecule has 0 fully saturated rings. The highest BCUT2D eigenvalue weighted by Crippen LogP contribution is 2.18. The molecular weight excluding hydrogens is 404 g/mol. The van der Waals surface area contributed by atoms with Crippen molar-refractivity contribution in [1.82, 2.24) is 18.7 Å². The number of hydrogen-bond donors (Lipinski definition) is 0. The van der Waals surface area contributed by atoms with E-state index in [1.807, 2.05) is 0 Å². The molecule has 0 aliphatic rings. The summed E-state index contributed by atoms with van der Waals surface area (Å²) in [6.45, 7) is 3.52. The topological polar surface area (TPSA) is 85.6 Å². The fraction of sp³-hybridized carbons (Fsp3) is 0.182. The van der Waals surface area contributed by atoms with Crippen LogP contribution in [0, 0.1) is 23.0 Å². The normalized spacial score (nSPS) is 11.2. The van der Waals surface area contributed by atoms with Gasteiger partial charge in [0, 0.05) is 12.1 Å². The quantitative estimate of drug-likeness (QED) is 0.507. The molecule has 156 valence electrons. The maximum atomic E-state index is 13.9. The van der Waals surface area contributed by atoms with Gasteiger partial charge in [-0.3, -0.25) is 9.36 Å². The molecule has 0 bridgehead atoms. The predicted octanol–water partition coefficient (Wildman–Crippen LogP) is 3.13. The van der Waals surface area contributed by atoms with E-state index in [1.165, 1.54) is 12.4 Å². The van der Waals surface area contributed by atoms with Gasteiger partial charge in [0.25, 0.3) is 5.56 Å². The first-order chi connectivity index (χ1) is 14.8. The average molecular weight is 421 g/mol. The SMILES string of the molecule is CC(C)n1c(=O)c2c(ncn2Cc2ccccc2C#N)n(-c2ccc(F)c(F)c2)c1=O. The molecule has 9 heteroatoms. The van der Waals surface area contributed by atoms with Crippen LogP contribution in [0.25, 0.3) is 16.9 Å². The molecule has 0 amide bonds. The van der Waals surface area contributed by atoms with Gasteiger partial charge in [-0.1, -0.05) is 18.2 Å². The largest absolute Gasteiger partial charge is 0.337 e. The Kier molecular flexibility index (Phi) is 4.99. The minimum absolute atomic E-state index is 0.0207. The molecule has 31 heavy (non-hydrogen) atoms. The second kappa shape index (κ2) is 7.65. The van der Waals surface area contributed by atoms with Crippen LogP contribution in [0.5, 0.6) is 0 Å². The molecule has 7 nitrogen and oxygen atoms in total. The lowest BCUT2D eigenvalue weighted by molar-refractivity contribution is 0.506. The Hall–Kier alpha value is -4.06. The number of nitriles is 1. The number of rotatable bonds is 4. The first kappa shape index (κ1) is 20.2. The fourth-order valence-corrected chi connectivity index (χ4v) is 3.54. The molecule has 2 heterocycles. The van der Waals surface area contributed by atoms with Gasteiger partial charge < -0.3 is 4.57 Å². The Morgan fingerprint density at radius 2 is 1.84 bits per heavy atom. The molecule has 4 aromatic rings. The lowest BCUT2D eigenvalue weighted by atomic mass is 10.1. The zero-order chi connectivity index (χ0) is 22.3. The molecule has 0 aliphatic heterocycles. The van der Waals surface area contributed by atoms with Crippen molar-refractivity contribution in [3.05, 3.63) is 92.4 Å². The second-order valence-electron chi connectivity index (χ2n) is 7.30. The third kappa shape index (κ3) is 3.32. The van der Waals surface area contributed by atoms with Gasteiger partial charge in [0.15, 0.2) is 22.8 Å². The first-order valence-electron chi connectivity index (χ1n) is 9.49. The molecule has 2 aromatic heterocycles. The number of hydrogen-bond acceptors (Lipinski definition) is 4. The average Bonchev–Trinajstić information content (AvgIpc) is 3.14. The summed E-state index contributed by atoms with van der Waals surface area (Å²) in [5.41, 5.74) is 0.0406. The highest BCUT2D eigenvalue weighted by molar-refractivity contribution is 5.72. The van der Waals surface area contributed by atoms with E-state index in [9.17, 15) is 23.6 Å². The molecule has 0 saturated heterocycles. The summed E-state index contributed by atoms with van der Waals surface area (Å²) < 4.78 is 31.0. The summed E-state index contributed by atoms with van der Waals surface area (Å²) in [4.78, 5) is 30.6. The molecule has 0 unspecified atom stereocenters. The number of fused-ring (bicyclic) bond motifs is 1. The molecule has 4 rings (SSSR count). The standard InChI is InChI=1S/C22H17F2N5O2/c1-13(2)28-21(30)19-20(29(22(28)31)16-7-8-17(23)18(24)9-16)26-12-27(19)11-15-6-4-3-5-14(15)10-25/h3-9,12-13H,11H2,1-2H3. The van der Waals surface area contributed by atoms with Crippen LogP contribution in [0.2, 0.25) is 0 Å². The molecule has 0 N–H and O–H groups in total. The van der Waals surface area contributed by atoms with E-state index < -0.39 is 28.9 Å². The van der Waals surface area contributed by atoms with Gasteiger partial charge in [-0.15, -0.1) is 0 Å². The van der Waals surface area contributed by atoms with Crippen molar-refractivity contribution < 1.29 is 8.78 Å². The Labute approximate surface area is 175 Å². The van der Waals surface area contributed by atoms with Crippen molar-refractivity contribution in [3.8, 4) is 11.8 Å². The van der Waals surface area contributed by atoms with Gasteiger partial charge in [-0.25, -0.2) is 23.1 Å².